The molecular formula is C16H18N4O3. The van der Waals surface area contributed by atoms with E-state index in [-0.39, 0.29) is 11.8 Å². The average Bonchev–Trinajstić information content (AvgIpc) is 3.18. The van der Waals surface area contributed by atoms with E-state index in [2.05, 4.69) is 10.1 Å². The highest BCUT2D eigenvalue weighted by atomic mass is 16.4. The summed E-state index contributed by atoms with van der Waals surface area (Å²) in [5.41, 5.74) is 1.65. The molecule has 1 N–H and O–H groups in total. The average molecular weight is 314 g/mol. The molecule has 1 saturated carbocycles. The molecule has 120 valence electrons. The maximum absolute atomic E-state index is 12.9. The van der Waals surface area contributed by atoms with Crippen molar-refractivity contribution in [2.24, 2.45) is 11.8 Å². The Hall–Kier alpha value is -2.44. The Labute approximate surface area is 132 Å². The maximum atomic E-state index is 12.9. The van der Waals surface area contributed by atoms with Crippen LogP contribution in [0.15, 0.2) is 18.5 Å². The van der Waals surface area contributed by atoms with E-state index in [9.17, 15) is 14.7 Å². The molecule has 4 rings (SSSR count). The lowest BCUT2D eigenvalue weighted by Gasteiger charge is -2.23. The molecule has 3 unspecified atom stereocenters. The molecule has 1 aliphatic heterocycles. The molecule has 0 aromatic carbocycles. The molecule has 0 spiro atoms. The summed E-state index contributed by atoms with van der Waals surface area (Å²) in [6, 6.07) is 1.09. The molecule has 1 amide bonds. The van der Waals surface area contributed by atoms with Crippen LogP contribution in [0.3, 0.4) is 0 Å². The van der Waals surface area contributed by atoms with Crippen LogP contribution >= 0.6 is 0 Å². The number of fused-ring (bicyclic) bond motifs is 2. The van der Waals surface area contributed by atoms with Gasteiger partial charge in [0.15, 0.2) is 5.65 Å². The van der Waals surface area contributed by atoms with Crippen molar-refractivity contribution in [2.75, 3.05) is 6.54 Å². The van der Waals surface area contributed by atoms with E-state index in [1.165, 1.54) is 11.1 Å². The van der Waals surface area contributed by atoms with Crippen LogP contribution in [0.25, 0.3) is 5.65 Å². The molecule has 0 radical (unpaired) electrons. The Morgan fingerprint density at radius 3 is 2.96 bits per heavy atom. The summed E-state index contributed by atoms with van der Waals surface area (Å²) in [6.07, 6.45) is 6.18. The van der Waals surface area contributed by atoms with Gasteiger partial charge in [-0.15, -0.1) is 0 Å². The maximum Gasteiger partial charge on any atom is 0.326 e. The van der Waals surface area contributed by atoms with E-state index in [0.717, 1.165) is 25.0 Å². The third-order valence-corrected chi connectivity index (χ3v) is 5.14. The molecule has 0 bridgehead atoms. The fourth-order valence-electron chi connectivity index (χ4n) is 4.10. The Morgan fingerprint density at radius 2 is 2.17 bits per heavy atom. The molecule has 7 nitrogen and oxygen atoms in total. The van der Waals surface area contributed by atoms with Crippen LogP contribution in [0.2, 0.25) is 0 Å². The number of amides is 1. The first-order valence-corrected chi connectivity index (χ1v) is 7.91. The molecule has 1 saturated heterocycles. The molecule has 23 heavy (non-hydrogen) atoms. The number of aromatic nitrogens is 3. The number of carbonyl (C=O) groups excluding carboxylic acids is 1. The molecule has 3 atom stereocenters. The number of nitrogens with zero attached hydrogens (tertiary/aromatic N) is 4. The van der Waals surface area contributed by atoms with Crippen molar-refractivity contribution in [3.63, 3.8) is 0 Å². The molecule has 3 heterocycles. The van der Waals surface area contributed by atoms with Crippen LogP contribution in [0.4, 0.5) is 0 Å². The fourth-order valence-corrected chi connectivity index (χ4v) is 4.10. The van der Waals surface area contributed by atoms with Gasteiger partial charge in [-0.1, -0.05) is 6.42 Å². The standard InChI is InChI=1S/C16H18N4O3/c1-9-5-6-20-14(18-9)12(7-17-20)15(21)19-8-10-3-2-4-11(10)13(19)16(22)23/h5-7,10-11,13H,2-4,8H2,1H3,(H,22,23). The van der Waals surface area contributed by atoms with Gasteiger partial charge >= 0.3 is 5.97 Å². The van der Waals surface area contributed by atoms with Gasteiger partial charge in [0.25, 0.3) is 5.91 Å². The summed E-state index contributed by atoms with van der Waals surface area (Å²) >= 11 is 0. The Bertz CT molecular complexity index is 800. The second kappa shape index (κ2) is 5.04. The number of carbonyl (C=O) groups is 2. The van der Waals surface area contributed by atoms with Gasteiger partial charge in [-0.25, -0.2) is 14.3 Å². The third kappa shape index (κ3) is 2.10. The fraction of sp³-hybridized carbons (Fsp3) is 0.500. The first-order chi connectivity index (χ1) is 11.1. The normalized spacial score (nSPS) is 26.7. The van der Waals surface area contributed by atoms with Crippen molar-refractivity contribution < 1.29 is 14.7 Å². The number of hydrogen-bond donors (Lipinski definition) is 1. The van der Waals surface area contributed by atoms with Crippen molar-refractivity contribution in [1.82, 2.24) is 19.5 Å². The van der Waals surface area contributed by atoms with E-state index in [1.54, 1.807) is 10.7 Å². The van der Waals surface area contributed by atoms with Gasteiger partial charge in [0.1, 0.15) is 11.6 Å². The van der Waals surface area contributed by atoms with Gasteiger partial charge in [0, 0.05) is 18.4 Å². The van der Waals surface area contributed by atoms with Crippen LogP contribution in [0.1, 0.15) is 35.3 Å². The van der Waals surface area contributed by atoms with Crippen molar-refractivity contribution >= 4 is 17.5 Å². The van der Waals surface area contributed by atoms with E-state index in [4.69, 9.17) is 0 Å². The summed E-state index contributed by atoms with van der Waals surface area (Å²) in [4.78, 5) is 30.6. The van der Waals surface area contributed by atoms with Crippen LogP contribution in [0, 0.1) is 18.8 Å². The summed E-state index contributed by atoms with van der Waals surface area (Å²) in [7, 11) is 0. The summed E-state index contributed by atoms with van der Waals surface area (Å²) < 4.78 is 1.55. The quantitative estimate of drug-likeness (QED) is 0.904. The van der Waals surface area contributed by atoms with Gasteiger partial charge in [-0.05, 0) is 37.7 Å². The van der Waals surface area contributed by atoms with Gasteiger partial charge < -0.3 is 10.0 Å². The number of likely N-dealkylation sites (tertiary alicyclic amines) is 1. The monoisotopic (exact) mass is 314 g/mol. The van der Waals surface area contributed by atoms with Crippen LogP contribution in [0.5, 0.6) is 0 Å². The van der Waals surface area contributed by atoms with Crippen molar-refractivity contribution in [3.8, 4) is 0 Å². The summed E-state index contributed by atoms with van der Waals surface area (Å²) in [6.45, 7) is 2.37. The number of rotatable bonds is 2. The minimum Gasteiger partial charge on any atom is -0.480 e. The highest BCUT2D eigenvalue weighted by Gasteiger charge is 2.50. The number of carboxylic acids is 1. The molecule has 1 aliphatic carbocycles. The largest absolute Gasteiger partial charge is 0.480 e. The lowest BCUT2D eigenvalue weighted by atomic mass is 9.94. The van der Waals surface area contributed by atoms with Crippen molar-refractivity contribution in [3.05, 3.63) is 29.7 Å². The van der Waals surface area contributed by atoms with Crippen molar-refractivity contribution in [2.45, 2.75) is 32.2 Å². The Morgan fingerprint density at radius 1 is 1.35 bits per heavy atom. The highest BCUT2D eigenvalue weighted by molar-refractivity contribution is 6.01. The molecular weight excluding hydrogens is 296 g/mol. The second-order valence-electron chi connectivity index (χ2n) is 6.49. The van der Waals surface area contributed by atoms with Crippen molar-refractivity contribution in [1.29, 1.82) is 0 Å². The second-order valence-corrected chi connectivity index (χ2v) is 6.49. The van der Waals surface area contributed by atoms with Gasteiger partial charge in [-0.3, -0.25) is 4.79 Å². The smallest absolute Gasteiger partial charge is 0.326 e. The van der Waals surface area contributed by atoms with E-state index >= 15 is 0 Å². The minimum absolute atomic E-state index is 0.0768. The Kier molecular flexibility index (Phi) is 3.11. The molecule has 2 aliphatic rings. The SMILES string of the molecule is Cc1ccn2ncc(C(=O)N3CC4CCCC4C3C(=O)O)c2n1. The van der Waals surface area contributed by atoms with Gasteiger partial charge in [0.2, 0.25) is 0 Å². The minimum atomic E-state index is -0.909. The van der Waals surface area contributed by atoms with Crippen LogP contribution < -0.4 is 0 Å². The van der Waals surface area contributed by atoms with Crippen LogP contribution in [-0.2, 0) is 4.79 Å². The van der Waals surface area contributed by atoms with E-state index in [0.29, 0.717) is 23.7 Å². The first-order valence-electron chi connectivity index (χ1n) is 7.91. The number of aryl methyl sites for hydroxylation is 1. The van der Waals surface area contributed by atoms with Gasteiger partial charge in [-0.2, -0.15) is 5.10 Å². The lowest BCUT2D eigenvalue weighted by Crippen LogP contribution is -2.43. The summed E-state index contributed by atoms with van der Waals surface area (Å²) in [5, 5.41) is 13.8. The highest BCUT2D eigenvalue weighted by Crippen LogP contribution is 2.42. The molecule has 2 aromatic rings. The summed E-state index contributed by atoms with van der Waals surface area (Å²) in [5.74, 6) is -0.808. The zero-order valence-electron chi connectivity index (χ0n) is 12.8. The number of aliphatic carboxylic acids is 1. The third-order valence-electron chi connectivity index (χ3n) is 5.14. The van der Waals surface area contributed by atoms with Gasteiger partial charge in [0.05, 0.1) is 6.20 Å². The van der Waals surface area contributed by atoms with E-state index < -0.39 is 12.0 Å². The zero-order chi connectivity index (χ0) is 16.1. The zero-order valence-corrected chi connectivity index (χ0v) is 12.8. The lowest BCUT2D eigenvalue weighted by molar-refractivity contribution is -0.142. The number of hydrogen-bond acceptors (Lipinski definition) is 4. The predicted octanol–water partition coefficient (Wildman–Crippen LogP) is 1.36. The first kappa shape index (κ1) is 14.2. The number of carboxylic acid groups (broad SMARTS) is 1. The topological polar surface area (TPSA) is 87.8 Å². The molecule has 2 fully saturated rings. The molecule has 2 aromatic heterocycles. The van der Waals surface area contributed by atoms with E-state index in [1.807, 2.05) is 13.0 Å². The van der Waals surface area contributed by atoms with Crippen LogP contribution in [-0.4, -0.2) is 49.1 Å². The predicted molar refractivity (Wildman–Crippen MR) is 81.0 cm³/mol. The Balaban J connectivity index is 1.72. The molecule has 7 heteroatoms.